The zero-order valence-corrected chi connectivity index (χ0v) is 10.9. The molecule has 0 spiro atoms. The minimum Gasteiger partial charge on any atom is -0.465 e. The summed E-state index contributed by atoms with van der Waals surface area (Å²) in [5, 5.41) is 0. The average Bonchev–Trinajstić information content (AvgIpc) is 2.27. The SMILES string of the molecule is CCCCOC(=O)C(C)(CC)C(=O)OC(C)=O. The molecule has 0 aromatic heterocycles. The lowest BCUT2D eigenvalue weighted by molar-refractivity contribution is -0.175. The molecule has 0 heterocycles. The summed E-state index contributed by atoms with van der Waals surface area (Å²) in [6, 6.07) is 0. The second kappa shape index (κ2) is 7.04. The van der Waals surface area contributed by atoms with Gasteiger partial charge in [0.15, 0.2) is 5.41 Å². The van der Waals surface area contributed by atoms with Crippen molar-refractivity contribution in [3.8, 4) is 0 Å². The van der Waals surface area contributed by atoms with E-state index in [9.17, 15) is 14.4 Å². The van der Waals surface area contributed by atoms with Gasteiger partial charge in [0.1, 0.15) is 0 Å². The molecular weight excluding hydrogens is 224 g/mol. The summed E-state index contributed by atoms with van der Waals surface area (Å²) in [4.78, 5) is 34.1. The van der Waals surface area contributed by atoms with Crippen LogP contribution in [0.3, 0.4) is 0 Å². The second-order valence-electron chi connectivity index (χ2n) is 4.06. The fraction of sp³-hybridized carbons (Fsp3) is 0.750. The predicted molar refractivity (Wildman–Crippen MR) is 61.0 cm³/mol. The molecule has 0 aromatic rings. The van der Waals surface area contributed by atoms with Gasteiger partial charge < -0.3 is 9.47 Å². The first-order chi connectivity index (χ1) is 7.88. The first kappa shape index (κ1) is 15.6. The molecule has 0 radical (unpaired) electrons. The zero-order chi connectivity index (χ0) is 13.5. The van der Waals surface area contributed by atoms with Gasteiger partial charge >= 0.3 is 17.9 Å². The lowest BCUT2D eigenvalue weighted by Crippen LogP contribution is -2.39. The van der Waals surface area contributed by atoms with E-state index in [1.807, 2.05) is 6.92 Å². The van der Waals surface area contributed by atoms with Gasteiger partial charge in [0, 0.05) is 6.92 Å². The Balaban J connectivity index is 4.58. The van der Waals surface area contributed by atoms with Gasteiger partial charge in [-0.3, -0.25) is 14.4 Å². The van der Waals surface area contributed by atoms with Crippen molar-refractivity contribution in [2.75, 3.05) is 6.61 Å². The molecule has 17 heavy (non-hydrogen) atoms. The predicted octanol–water partition coefficient (Wildman–Crippen LogP) is 1.84. The van der Waals surface area contributed by atoms with Crippen molar-refractivity contribution in [3.05, 3.63) is 0 Å². The van der Waals surface area contributed by atoms with Crippen LogP contribution in [-0.2, 0) is 23.9 Å². The molecular formula is C12H20O5. The Labute approximate surface area is 101 Å². The molecule has 0 fully saturated rings. The summed E-state index contributed by atoms with van der Waals surface area (Å²) in [6.45, 7) is 6.46. The highest BCUT2D eigenvalue weighted by Gasteiger charge is 2.43. The third kappa shape index (κ3) is 4.54. The molecule has 98 valence electrons. The van der Waals surface area contributed by atoms with Gasteiger partial charge in [0.05, 0.1) is 6.61 Å². The highest BCUT2D eigenvalue weighted by molar-refractivity contribution is 6.02. The largest absolute Gasteiger partial charge is 0.465 e. The molecule has 0 aromatic carbocycles. The Hall–Kier alpha value is -1.39. The summed E-state index contributed by atoms with van der Waals surface area (Å²) in [6.07, 6.45) is 1.87. The lowest BCUT2D eigenvalue weighted by Gasteiger charge is -2.22. The van der Waals surface area contributed by atoms with Crippen LogP contribution in [0.15, 0.2) is 0 Å². The zero-order valence-electron chi connectivity index (χ0n) is 10.9. The first-order valence-electron chi connectivity index (χ1n) is 5.78. The minimum atomic E-state index is -1.40. The highest BCUT2D eigenvalue weighted by atomic mass is 16.6. The molecule has 0 saturated heterocycles. The highest BCUT2D eigenvalue weighted by Crippen LogP contribution is 2.25. The van der Waals surface area contributed by atoms with Crippen molar-refractivity contribution in [2.24, 2.45) is 5.41 Å². The summed E-state index contributed by atoms with van der Waals surface area (Å²) in [5.74, 6) is -2.22. The molecule has 0 saturated carbocycles. The quantitative estimate of drug-likeness (QED) is 0.405. The van der Waals surface area contributed by atoms with Crippen LogP contribution in [0.2, 0.25) is 0 Å². The summed E-state index contributed by atoms with van der Waals surface area (Å²) < 4.78 is 9.45. The number of esters is 3. The molecule has 0 amide bonds. The van der Waals surface area contributed by atoms with E-state index in [2.05, 4.69) is 4.74 Å². The van der Waals surface area contributed by atoms with E-state index in [0.717, 1.165) is 19.8 Å². The summed E-state index contributed by atoms with van der Waals surface area (Å²) in [7, 11) is 0. The number of unbranched alkanes of at least 4 members (excludes halogenated alkanes) is 1. The third-order valence-corrected chi connectivity index (χ3v) is 2.58. The first-order valence-corrected chi connectivity index (χ1v) is 5.78. The normalized spacial score (nSPS) is 13.6. The molecule has 5 nitrogen and oxygen atoms in total. The van der Waals surface area contributed by atoms with Crippen LogP contribution < -0.4 is 0 Å². The third-order valence-electron chi connectivity index (χ3n) is 2.58. The maximum Gasteiger partial charge on any atom is 0.330 e. The van der Waals surface area contributed by atoms with Crippen LogP contribution in [0, 0.1) is 5.41 Å². The van der Waals surface area contributed by atoms with Gasteiger partial charge in [-0.05, 0) is 19.8 Å². The number of carbonyl (C=O) groups is 3. The molecule has 0 aliphatic heterocycles. The van der Waals surface area contributed by atoms with Crippen molar-refractivity contribution in [3.63, 3.8) is 0 Å². The van der Waals surface area contributed by atoms with Gasteiger partial charge in [-0.25, -0.2) is 0 Å². The van der Waals surface area contributed by atoms with Crippen LogP contribution in [-0.4, -0.2) is 24.5 Å². The Morgan fingerprint density at radius 3 is 2.12 bits per heavy atom. The monoisotopic (exact) mass is 244 g/mol. The van der Waals surface area contributed by atoms with E-state index in [1.54, 1.807) is 6.92 Å². The van der Waals surface area contributed by atoms with E-state index in [1.165, 1.54) is 6.92 Å². The van der Waals surface area contributed by atoms with Crippen LogP contribution >= 0.6 is 0 Å². The van der Waals surface area contributed by atoms with Gasteiger partial charge in [0.2, 0.25) is 0 Å². The van der Waals surface area contributed by atoms with E-state index in [4.69, 9.17) is 4.74 Å². The van der Waals surface area contributed by atoms with Crippen molar-refractivity contribution < 1.29 is 23.9 Å². The smallest absolute Gasteiger partial charge is 0.330 e. The molecule has 0 N–H and O–H groups in total. The fourth-order valence-electron chi connectivity index (χ4n) is 1.08. The molecule has 0 rings (SSSR count). The molecule has 0 aliphatic rings. The topological polar surface area (TPSA) is 69.7 Å². The van der Waals surface area contributed by atoms with Crippen LogP contribution in [0.5, 0.6) is 0 Å². The summed E-state index contributed by atoms with van der Waals surface area (Å²) in [5.41, 5.74) is -1.40. The second-order valence-corrected chi connectivity index (χ2v) is 4.06. The maximum atomic E-state index is 11.8. The molecule has 5 heteroatoms. The van der Waals surface area contributed by atoms with E-state index >= 15 is 0 Å². The van der Waals surface area contributed by atoms with Gasteiger partial charge in [-0.2, -0.15) is 0 Å². The number of rotatable bonds is 6. The maximum absolute atomic E-state index is 11.8. The molecule has 0 bridgehead atoms. The number of carbonyl (C=O) groups excluding carboxylic acids is 3. The van der Waals surface area contributed by atoms with Gasteiger partial charge in [-0.15, -0.1) is 0 Å². The van der Waals surface area contributed by atoms with Crippen LogP contribution in [0.25, 0.3) is 0 Å². The van der Waals surface area contributed by atoms with E-state index in [-0.39, 0.29) is 13.0 Å². The van der Waals surface area contributed by atoms with E-state index in [0.29, 0.717) is 0 Å². The number of hydrogen-bond donors (Lipinski definition) is 0. The summed E-state index contributed by atoms with van der Waals surface area (Å²) >= 11 is 0. The number of ether oxygens (including phenoxy) is 2. The fourth-order valence-corrected chi connectivity index (χ4v) is 1.08. The Morgan fingerprint density at radius 1 is 1.12 bits per heavy atom. The Bertz CT molecular complexity index is 297. The Morgan fingerprint density at radius 2 is 1.71 bits per heavy atom. The van der Waals surface area contributed by atoms with Crippen molar-refractivity contribution in [1.29, 1.82) is 0 Å². The van der Waals surface area contributed by atoms with E-state index < -0.39 is 23.3 Å². The van der Waals surface area contributed by atoms with Gasteiger partial charge in [0.25, 0.3) is 0 Å². The minimum absolute atomic E-state index is 0.226. The van der Waals surface area contributed by atoms with Crippen molar-refractivity contribution >= 4 is 17.9 Å². The molecule has 0 aliphatic carbocycles. The Kier molecular flexibility index (Phi) is 6.46. The number of hydrogen-bond acceptors (Lipinski definition) is 5. The standard InChI is InChI=1S/C12H20O5/c1-5-7-8-16-10(14)12(4,6-2)11(15)17-9(3)13/h5-8H2,1-4H3. The van der Waals surface area contributed by atoms with Crippen LogP contribution in [0.1, 0.15) is 47.0 Å². The van der Waals surface area contributed by atoms with Crippen LogP contribution in [0.4, 0.5) is 0 Å². The molecule has 1 unspecified atom stereocenters. The van der Waals surface area contributed by atoms with Gasteiger partial charge in [-0.1, -0.05) is 20.3 Å². The van der Waals surface area contributed by atoms with Crippen molar-refractivity contribution in [1.82, 2.24) is 0 Å². The average molecular weight is 244 g/mol. The lowest BCUT2D eigenvalue weighted by atomic mass is 9.88. The molecule has 1 atom stereocenters. The van der Waals surface area contributed by atoms with Crippen molar-refractivity contribution in [2.45, 2.75) is 47.0 Å².